The number of amides is 1. The predicted octanol–water partition coefficient (Wildman–Crippen LogP) is 0.886. The standard InChI is InChI=1S/C6H14N2O.C2H6/c1-3-5(7)6(9)8-4-2;1-2/h5H,3-4,7H2,1-2H3,(H,8,9);1-2H3. The van der Waals surface area contributed by atoms with Crippen LogP contribution >= 0.6 is 0 Å². The van der Waals surface area contributed by atoms with Gasteiger partial charge in [0.15, 0.2) is 0 Å². The molecule has 0 aliphatic rings. The fraction of sp³-hybridized carbons (Fsp3) is 0.875. The number of carbonyl (C=O) groups is 1. The summed E-state index contributed by atoms with van der Waals surface area (Å²) in [6, 6.07) is -0.329. The second kappa shape index (κ2) is 9.43. The first-order valence-electron chi connectivity index (χ1n) is 4.25. The fourth-order valence-electron chi connectivity index (χ4n) is 0.491. The van der Waals surface area contributed by atoms with Crippen molar-refractivity contribution in [3.63, 3.8) is 0 Å². The van der Waals surface area contributed by atoms with Crippen LogP contribution in [-0.4, -0.2) is 18.5 Å². The predicted molar refractivity (Wildman–Crippen MR) is 48.3 cm³/mol. The Kier molecular flexibility index (Phi) is 11.2. The molecule has 3 N–H and O–H groups in total. The summed E-state index contributed by atoms with van der Waals surface area (Å²) >= 11 is 0. The van der Waals surface area contributed by atoms with Gasteiger partial charge in [0.1, 0.15) is 0 Å². The number of rotatable bonds is 3. The molecule has 68 valence electrons. The summed E-state index contributed by atoms with van der Waals surface area (Å²) in [7, 11) is 0. The van der Waals surface area contributed by atoms with E-state index >= 15 is 0 Å². The van der Waals surface area contributed by atoms with Crippen LogP contribution in [0.3, 0.4) is 0 Å². The summed E-state index contributed by atoms with van der Waals surface area (Å²) in [6.45, 7) is 8.42. The third-order valence-corrected chi connectivity index (χ3v) is 1.13. The van der Waals surface area contributed by atoms with Crippen LogP contribution in [0.5, 0.6) is 0 Å². The van der Waals surface area contributed by atoms with Gasteiger partial charge in [-0.15, -0.1) is 0 Å². The number of hydrogen-bond donors (Lipinski definition) is 2. The van der Waals surface area contributed by atoms with Crippen molar-refractivity contribution in [1.29, 1.82) is 0 Å². The Labute approximate surface area is 69.4 Å². The minimum absolute atomic E-state index is 0.0556. The van der Waals surface area contributed by atoms with E-state index in [0.29, 0.717) is 13.0 Å². The van der Waals surface area contributed by atoms with Crippen molar-refractivity contribution in [1.82, 2.24) is 5.32 Å². The van der Waals surface area contributed by atoms with Gasteiger partial charge < -0.3 is 11.1 Å². The second-order valence-corrected chi connectivity index (χ2v) is 1.91. The minimum Gasteiger partial charge on any atom is -0.355 e. The van der Waals surface area contributed by atoms with Gasteiger partial charge in [0.2, 0.25) is 5.91 Å². The molecule has 0 aliphatic carbocycles. The molecule has 0 fully saturated rings. The van der Waals surface area contributed by atoms with Crippen LogP contribution in [0.25, 0.3) is 0 Å². The van der Waals surface area contributed by atoms with Gasteiger partial charge in [0.05, 0.1) is 6.04 Å². The third kappa shape index (κ3) is 7.33. The quantitative estimate of drug-likeness (QED) is 0.644. The molecular formula is C8H20N2O. The van der Waals surface area contributed by atoms with Gasteiger partial charge in [-0.3, -0.25) is 4.79 Å². The highest BCUT2D eigenvalue weighted by Gasteiger charge is 2.07. The average Bonchev–Trinajstić information content (AvgIpc) is 2.07. The molecule has 1 amide bonds. The van der Waals surface area contributed by atoms with Crippen LogP contribution in [0.15, 0.2) is 0 Å². The molecule has 0 radical (unpaired) electrons. The molecule has 0 aromatic heterocycles. The first kappa shape index (κ1) is 13.1. The molecule has 0 aliphatic heterocycles. The molecule has 11 heavy (non-hydrogen) atoms. The van der Waals surface area contributed by atoms with Crippen LogP contribution in [0.1, 0.15) is 34.1 Å². The van der Waals surface area contributed by atoms with Crippen LogP contribution in [0.4, 0.5) is 0 Å². The van der Waals surface area contributed by atoms with E-state index in [1.54, 1.807) is 0 Å². The molecule has 0 heterocycles. The summed E-state index contributed by atoms with van der Waals surface area (Å²) < 4.78 is 0. The molecule has 0 saturated heterocycles. The van der Waals surface area contributed by atoms with Crippen LogP contribution < -0.4 is 11.1 Å². The summed E-state index contributed by atoms with van der Waals surface area (Å²) in [5, 5.41) is 2.63. The summed E-state index contributed by atoms with van der Waals surface area (Å²) in [5.74, 6) is -0.0556. The molecular weight excluding hydrogens is 140 g/mol. The van der Waals surface area contributed by atoms with E-state index in [2.05, 4.69) is 5.32 Å². The van der Waals surface area contributed by atoms with E-state index in [0.717, 1.165) is 0 Å². The zero-order valence-electron chi connectivity index (χ0n) is 7.98. The molecule has 0 aromatic carbocycles. The molecule has 3 heteroatoms. The Balaban J connectivity index is 0. The SMILES string of the molecule is CC.CCNC(=O)C(N)CC. The van der Waals surface area contributed by atoms with Crippen LogP contribution in [0, 0.1) is 0 Å². The third-order valence-electron chi connectivity index (χ3n) is 1.13. The van der Waals surface area contributed by atoms with Crippen LogP contribution in [0.2, 0.25) is 0 Å². The lowest BCUT2D eigenvalue weighted by molar-refractivity contribution is -0.122. The first-order valence-corrected chi connectivity index (χ1v) is 4.25. The lowest BCUT2D eigenvalue weighted by atomic mass is 10.2. The summed E-state index contributed by atoms with van der Waals surface area (Å²) in [4.78, 5) is 10.7. The molecule has 0 bridgehead atoms. The second-order valence-electron chi connectivity index (χ2n) is 1.91. The van der Waals surface area contributed by atoms with Gasteiger partial charge >= 0.3 is 0 Å². The molecule has 1 unspecified atom stereocenters. The van der Waals surface area contributed by atoms with Crippen molar-refractivity contribution in [3.05, 3.63) is 0 Å². The molecule has 0 rings (SSSR count). The van der Waals surface area contributed by atoms with Gasteiger partial charge in [-0.25, -0.2) is 0 Å². The van der Waals surface area contributed by atoms with Crippen molar-refractivity contribution in [2.75, 3.05) is 6.54 Å². The van der Waals surface area contributed by atoms with Crippen molar-refractivity contribution in [3.8, 4) is 0 Å². The molecule has 0 saturated carbocycles. The zero-order valence-corrected chi connectivity index (χ0v) is 7.98. The van der Waals surface area contributed by atoms with Crippen molar-refractivity contribution in [2.24, 2.45) is 5.73 Å². The van der Waals surface area contributed by atoms with E-state index < -0.39 is 0 Å². The minimum atomic E-state index is -0.329. The number of nitrogens with one attached hydrogen (secondary N) is 1. The normalized spacial score (nSPS) is 11.0. The maximum Gasteiger partial charge on any atom is 0.236 e. The lowest BCUT2D eigenvalue weighted by Crippen LogP contribution is -2.39. The number of carbonyl (C=O) groups excluding carboxylic acids is 1. The van der Waals surface area contributed by atoms with Gasteiger partial charge in [-0.2, -0.15) is 0 Å². The maximum atomic E-state index is 10.7. The highest BCUT2D eigenvalue weighted by atomic mass is 16.2. The molecule has 0 spiro atoms. The molecule has 0 aromatic rings. The fourth-order valence-corrected chi connectivity index (χ4v) is 0.491. The van der Waals surface area contributed by atoms with Crippen molar-refractivity contribution >= 4 is 5.91 Å². The number of hydrogen-bond acceptors (Lipinski definition) is 2. The lowest BCUT2D eigenvalue weighted by Gasteiger charge is -2.06. The Bertz CT molecular complexity index is 94.1. The Morgan fingerprint density at radius 2 is 1.91 bits per heavy atom. The van der Waals surface area contributed by atoms with E-state index in [-0.39, 0.29) is 11.9 Å². The van der Waals surface area contributed by atoms with Gasteiger partial charge in [-0.05, 0) is 13.3 Å². The van der Waals surface area contributed by atoms with E-state index in [1.165, 1.54) is 0 Å². The smallest absolute Gasteiger partial charge is 0.236 e. The molecule has 3 nitrogen and oxygen atoms in total. The maximum absolute atomic E-state index is 10.7. The van der Waals surface area contributed by atoms with Crippen LogP contribution in [-0.2, 0) is 4.79 Å². The first-order chi connectivity index (χ1) is 5.22. The monoisotopic (exact) mass is 160 g/mol. The van der Waals surface area contributed by atoms with Crippen molar-refractivity contribution in [2.45, 2.75) is 40.2 Å². The Hall–Kier alpha value is -0.570. The molecule has 1 atom stereocenters. The topological polar surface area (TPSA) is 55.1 Å². The highest BCUT2D eigenvalue weighted by Crippen LogP contribution is 1.83. The van der Waals surface area contributed by atoms with Crippen molar-refractivity contribution < 1.29 is 4.79 Å². The van der Waals surface area contributed by atoms with Gasteiger partial charge in [-0.1, -0.05) is 20.8 Å². The van der Waals surface area contributed by atoms with Gasteiger partial charge in [0.25, 0.3) is 0 Å². The van der Waals surface area contributed by atoms with E-state index in [1.807, 2.05) is 27.7 Å². The number of nitrogens with two attached hydrogens (primary N) is 1. The number of likely N-dealkylation sites (N-methyl/N-ethyl adjacent to an activating group) is 1. The van der Waals surface area contributed by atoms with Gasteiger partial charge in [0, 0.05) is 6.54 Å². The zero-order chi connectivity index (χ0) is 9.28. The summed E-state index contributed by atoms with van der Waals surface area (Å²) in [6.07, 6.45) is 0.700. The Morgan fingerprint density at radius 3 is 2.18 bits per heavy atom. The Morgan fingerprint density at radius 1 is 1.45 bits per heavy atom. The van der Waals surface area contributed by atoms with E-state index in [9.17, 15) is 4.79 Å². The average molecular weight is 160 g/mol. The largest absolute Gasteiger partial charge is 0.355 e. The van der Waals surface area contributed by atoms with E-state index in [4.69, 9.17) is 5.73 Å². The highest BCUT2D eigenvalue weighted by molar-refractivity contribution is 5.81. The summed E-state index contributed by atoms with van der Waals surface area (Å²) in [5.41, 5.74) is 5.39.